The quantitative estimate of drug-likeness (QED) is 0.562. The Hall–Kier alpha value is -1.86. The highest BCUT2D eigenvalue weighted by Crippen LogP contribution is 2.29. The molecule has 2 unspecified atom stereocenters. The van der Waals surface area contributed by atoms with Gasteiger partial charge in [-0.05, 0) is 11.6 Å². The van der Waals surface area contributed by atoms with Crippen molar-refractivity contribution >= 4 is 5.91 Å². The summed E-state index contributed by atoms with van der Waals surface area (Å²) >= 11 is 0. The lowest BCUT2D eigenvalue weighted by Crippen LogP contribution is -2.62. The van der Waals surface area contributed by atoms with E-state index in [1.54, 1.807) is 23.5 Å². The van der Waals surface area contributed by atoms with E-state index in [4.69, 9.17) is 0 Å². The highest BCUT2D eigenvalue weighted by atomic mass is 19.4. The molecule has 1 rings (SSSR count). The maximum absolute atomic E-state index is 12.6. The zero-order chi connectivity index (χ0) is 15.4. The van der Waals surface area contributed by atoms with Crippen molar-refractivity contribution in [2.75, 3.05) is 0 Å². The van der Waals surface area contributed by atoms with Crippen LogP contribution in [0, 0.1) is 0 Å². The van der Waals surface area contributed by atoms with E-state index in [9.17, 15) is 28.2 Å². The Morgan fingerprint density at radius 2 is 1.90 bits per heavy atom. The van der Waals surface area contributed by atoms with Crippen molar-refractivity contribution in [3.63, 3.8) is 0 Å². The van der Waals surface area contributed by atoms with Gasteiger partial charge in [0.25, 0.3) is 0 Å². The molecule has 20 heavy (non-hydrogen) atoms. The average molecular weight is 289 g/mol. The predicted molar refractivity (Wildman–Crippen MR) is 65.5 cm³/mol. The van der Waals surface area contributed by atoms with Crippen molar-refractivity contribution in [1.82, 2.24) is 5.32 Å². The van der Waals surface area contributed by atoms with Crippen LogP contribution in [0.2, 0.25) is 0 Å². The first-order valence-corrected chi connectivity index (χ1v) is 5.64. The Morgan fingerprint density at radius 3 is 2.35 bits per heavy atom. The first-order valence-electron chi connectivity index (χ1n) is 5.64. The molecule has 2 atom stereocenters. The number of hydrogen-bond donors (Lipinski definition) is 3. The highest BCUT2D eigenvalue weighted by molar-refractivity contribution is 5.87. The molecule has 0 aromatic heterocycles. The van der Waals surface area contributed by atoms with E-state index in [1.165, 1.54) is 12.1 Å². The van der Waals surface area contributed by atoms with Crippen LogP contribution in [0.1, 0.15) is 5.56 Å². The van der Waals surface area contributed by atoms with Gasteiger partial charge in [0.15, 0.2) is 11.8 Å². The lowest BCUT2D eigenvalue weighted by molar-refractivity contribution is -0.262. The summed E-state index contributed by atoms with van der Waals surface area (Å²) in [4.78, 5) is 11.2. The Bertz CT molecular complexity index is 475. The Labute approximate surface area is 113 Å². The van der Waals surface area contributed by atoms with Crippen LogP contribution >= 0.6 is 0 Å². The van der Waals surface area contributed by atoms with Crippen molar-refractivity contribution in [2.45, 2.75) is 24.4 Å². The number of aliphatic hydroxyl groups excluding tert-OH is 1. The molecule has 110 valence electrons. The minimum Gasteiger partial charge on any atom is -0.380 e. The number of rotatable bonds is 5. The standard InChI is InChI=1S/C13H14F3NO3/c1-2-10(18)17-12(20,11(19)13(14,15)16)8-9-6-4-3-5-7-9/h2-7,11,19-20H,1,8H2,(H,17,18). The number of carbonyl (C=O) groups is 1. The second-order valence-corrected chi connectivity index (χ2v) is 4.22. The fourth-order valence-corrected chi connectivity index (χ4v) is 1.65. The average Bonchev–Trinajstić information content (AvgIpc) is 2.37. The van der Waals surface area contributed by atoms with Crippen LogP contribution < -0.4 is 5.32 Å². The number of halogens is 3. The monoisotopic (exact) mass is 289 g/mol. The molecule has 0 saturated carbocycles. The van der Waals surface area contributed by atoms with E-state index in [1.807, 2.05) is 0 Å². The van der Waals surface area contributed by atoms with Crippen molar-refractivity contribution in [1.29, 1.82) is 0 Å². The van der Waals surface area contributed by atoms with Crippen LogP contribution in [0.5, 0.6) is 0 Å². The van der Waals surface area contributed by atoms with Gasteiger partial charge >= 0.3 is 6.18 Å². The highest BCUT2D eigenvalue weighted by Gasteiger charge is 2.53. The minimum atomic E-state index is -5.09. The SMILES string of the molecule is C=CC(=O)NC(O)(Cc1ccccc1)C(O)C(F)(F)F. The van der Waals surface area contributed by atoms with Crippen molar-refractivity contribution in [3.8, 4) is 0 Å². The molecule has 1 amide bonds. The number of amides is 1. The Balaban J connectivity index is 3.06. The largest absolute Gasteiger partial charge is 0.419 e. The van der Waals surface area contributed by atoms with Crippen molar-refractivity contribution < 1.29 is 28.2 Å². The smallest absolute Gasteiger partial charge is 0.380 e. The Kier molecular flexibility index (Phi) is 4.91. The van der Waals surface area contributed by atoms with Gasteiger partial charge in [-0.2, -0.15) is 13.2 Å². The molecular formula is C13H14F3NO3. The van der Waals surface area contributed by atoms with E-state index >= 15 is 0 Å². The fraction of sp³-hybridized carbons (Fsp3) is 0.308. The van der Waals surface area contributed by atoms with Gasteiger partial charge in [0, 0.05) is 6.42 Å². The van der Waals surface area contributed by atoms with Crippen LogP contribution in [0.4, 0.5) is 13.2 Å². The lowest BCUT2D eigenvalue weighted by atomic mass is 9.96. The molecule has 0 spiro atoms. The van der Waals surface area contributed by atoms with Gasteiger partial charge in [0.05, 0.1) is 0 Å². The van der Waals surface area contributed by atoms with Gasteiger partial charge < -0.3 is 15.5 Å². The third-order valence-corrected chi connectivity index (χ3v) is 2.60. The predicted octanol–water partition coefficient (Wildman–Crippen LogP) is 1.14. The zero-order valence-electron chi connectivity index (χ0n) is 10.4. The summed E-state index contributed by atoms with van der Waals surface area (Å²) in [5.41, 5.74) is -2.55. The van der Waals surface area contributed by atoms with Gasteiger partial charge in [0.2, 0.25) is 5.91 Å². The summed E-state index contributed by atoms with van der Waals surface area (Å²) in [6, 6.07) is 7.70. The summed E-state index contributed by atoms with van der Waals surface area (Å²) in [5, 5.41) is 21.0. The van der Waals surface area contributed by atoms with E-state index < -0.39 is 30.3 Å². The summed E-state index contributed by atoms with van der Waals surface area (Å²) in [7, 11) is 0. The summed E-state index contributed by atoms with van der Waals surface area (Å²) < 4.78 is 37.8. The maximum Gasteiger partial charge on any atom is 0.419 e. The molecule has 0 bridgehead atoms. The first kappa shape index (κ1) is 16.2. The van der Waals surface area contributed by atoms with E-state index in [-0.39, 0.29) is 0 Å². The van der Waals surface area contributed by atoms with Gasteiger partial charge in [-0.25, -0.2) is 0 Å². The van der Waals surface area contributed by atoms with E-state index in [2.05, 4.69) is 6.58 Å². The summed E-state index contributed by atoms with van der Waals surface area (Å²) in [6.07, 6.45) is -8.11. The number of alkyl halides is 3. The maximum atomic E-state index is 12.6. The van der Waals surface area contributed by atoms with Crippen LogP contribution in [0.25, 0.3) is 0 Å². The first-order chi connectivity index (χ1) is 9.19. The number of carbonyl (C=O) groups excluding carboxylic acids is 1. The molecule has 0 saturated heterocycles. The molecule has 7 heteroatoms. The van der Waals surface area contributed by atoms with Crippen LogP contribution in [0.3, 0.4) is 0 Å². The molecule has 0 heterocycles. The van der Waals surface area contributed by atoms with Crippen LogP contribution in [0.15, 0.2) is 43.0 Å². The third kappa shape index (κ3) is 4.07. The molecule has 1 aromatic rings. The fourth-order valence-electron chi connectivity index (χ4n) is 1.65. The molecule has 4 nitrogen and oxygen atoms in total. The Morgan fingerprint density at radius 1 is 1.35 bits per heavy atom. The van der Waals surface area contributed by atoms with Gasteiger partial charge in [-0.15, -0.1) is 0 Å². The van der Waals surface area contributed by atoms with E-state index in [0.29, 0.717) is 11.6 Å². The van der Waals surface area contributed by atoms with Crippen LogP contribution in [-0.2, 0) is 11.2 Å². The molecular weight excluding hydrogens is 275 g/mol. The molecule has 0 fully saturated rings. The molecule has 0 aliphatic heterocycles. The molecule has 1 aromatic carbocycles. The molecule has 3 N–H and O–H groups in total. The lowest BCUT2D eigenvalue weighted by Gasteiger charge is -2.34. The second kappa shape index (κ2) is 6.06. The van der Waals surface area contributed by atoms with Gasteiger partial charge in [0.1, 0.15) is 0 Å². The summed E-state index contributed by atoms with van der Waals surface area (Å²) in [5.74, 6) is -1.02. The summed E-state index contributed by atoms with van der Waals surface area (Å²) in [6.45, 7) is 3.09. The number of aliphatic hydroxyl groups is 2. The molecule has 0 aliphatic carbocycles. The van der Waals surface area contributed by atoms with E-state index in [0.717, 1.165) is 0 Å². The number of benzene rings is 1. The topological polar surface area (TPSA) is 69.6 Å². The normalized spacial score (nSPS) is 16.1. The number of hydrogen-bond acceptors (Lipinski definition) is 3. The van der Waals surface area contributed by atoms with Crippen molar-refractivity contribution in [2.24, 2.45) is 0 Å². The minimum absolute atomic E-state index is 0.322. The van der Waals surface area contributed by atoms with Gasteiger partial charge in [-0.1, -0.05) is 36.9 Å². The van der Waals surface area contributed by atoms with Crippen LogP contribution in [-0.4, -0.2) is 34.1 Å². The zero-order valence-corrected chi connectivity index (χ0v) is 10.4. The molecule has 0 aliphatic rings. The third-order valence-electron chi connectivity index (χ3n) is 2.60. The van der Waals surface area contributed by atoms with Crippen molar-refractivity contribution in [3.05, 3.63) is 48.6 Å². The number of nitrogens with one attached hydrogen (secondary N) is 1. The van der Waals surface area contributed by atoms with Gasteiger partial charge in [-0.3, -0.25) is 4.79 Å². The molecule has 0 radical (unpaired) electrons. The second-order valence-electron chi connectivity index (χ2n) is 4.22.